The van der Waals surface area contributed by atoms with Gasteiger partial charge in [-0.15, -0.1) is 0 Å². The molecule has 0 heterocycles. The van der Waals surface area contributed by atoms with Crippen LogP contribution in [0.3, 0.4) is 0 Å². The van der Waals surface area contributed by atoms with Gasteiger partial charge in [-0.2, -0.15) is 0 Å². The number of nitrogens with two attached hydrogens (primary N) is 1. The van der Waals surface area contributed by atoms with Crippen LogP contribution in [-0.2, 0) is 0 Å². The summed E-state index contributed by atoms with van der Waals surface area (Å²) < 4.78 is 23.9. The lowest BCUT2D eigenvalue weighted by Crippen LogP contribution is -2.11. The third-order valence-corrected chi connectivity index (χ3v) is 2.59. The summed E-state index contributed by atoms with van der Waals surface area (Å²) in [5.74, 6) is -0.106. The maximum Gasteiger partial charge on any atom is 0.248 e. The van der Waals surface area contributed by atoms with Crippen LogP contribution in [0.1, 0.15) is 10.4 Å². The average Bonchev–Trinajstić information content (AvgIpc) is 2.46. The molecular weight excluding hydrogens is 261 g/mol. The third kappa shape index (κ3) is 3.71. The number of amides is 1. The molecule has 2 N–H and O–H groups in total. The highest BCUT2D eigenvalue weighted by Gasteiger charge is 2.02. The van der Waals surface area contributed by atoms with Crippen molar-refractivity contribution in [3.63, 3.8) is 0 Å². The molecule has 0 bridgehead atoms. The molecule has 0 unspecified atom stereocenters. The molecule has 0 saturated carbocycles. The fraction of sp³-hybridized carbons (Fsp3) is 0.133. The molecule has 5 heteroatoms. The second-order valence-corrected chi connectivity index (χ2v) is 4.02. The number of halogens is 1. The number of hydrogen-bond donors (Lipinski definition) is 1. The summed E-state index contributed by atoms with van der Waals surface area (Å²) >= 11 is 0. The van der Waals surface area contributed by atoms with E-state index in [1.807, 2.05) is 0 Å². The molecule has 0 aliphatic carbocycles. The van der Waals surface area contributed by atoms with Crippen molar-refractivity contribution in [3.8, 4) is 11.5 Å². The van der Waals surface area contributed by atoms with Crippen molar-refractivity contribution >= 4 is 5.91 Å². The van der Waals surface area contributed by atoms with Crippen LogP contribution in [0, 0.1) is 5.82 Å². The number of hydrogen-bond acceptors (Lipinski definition) is 3. The van der Waals surface area contributed by atoms with Gasteiger partial charge < -0.3 is 15.2 Å². The Labute approximate surface area is 115 Å². The molecule has 104 valence electrons. The normalized spacial score (nSPS) is 10.1. The Bertz CT molecular complexity index is 584. The molecule has 0 fully saturated rings. The lowest BCUT2D eigenvalue weighted by molar-refractivity contribution is 0.1000. The molecule has 0 aliphatic heterocycles. The van der Waals surface area contributed by atoms with Gasteiger partial charge in [0.1, 0.15) is 19.0 Å². The molecule has 20 heavy (non-hydrogen) atoms. The van der Waals surface area contributed by atoms with Crippen LogP contribution in [0.25, 0.3) is 0 Å². The van der Waals surface area contributed by atoms with Gasteiger partial charge in [0.2, 0.25) is 5.91 Å². The minimum absolute atomic E-state index is 0.195. The van der Waals surface area contributed by atoms with Gasteiger partial charge in [-0.05, 0) is 36.4 Å². The topological polar surface area (TPSA) is 61.6 Å². The number of benzene rings is 2. The summed E-state index contributed by atoms with van der Waals surface area (Å²) in [6, 6.07) is 12.6. The van der Waals surface area contributed by atoms with Crippen molar-refractivity contribution in [2.45, 2.75) is 0 Å². The lowest BCUT2D eigenvalue weighted by atomic mass is 10.2. The Morgan fingerprint density at radius 1 is 1.00 bits per heavy atom. The summed E-state index contributed by atoms with van der Waals surface area (Å²) in [6.07, 6.45) is 0. The predicted octanol–water partition coefficient (Wildman–Crippen LogP) is 2.38. The highest BCUT2D eigenvalue weighted by Crippen LogP contribution is 2.15. The number of rotatable bonds is 6. The van der Waals surface area contributed by atoms with Crippen LogP contribution < -0.4 is 15.2 Å². The molecule has 0 radical (unpaired) electrons. The molecule has 2 aromatic carbocycles. The predicted molar refractivity (Wildman–Crippen MR) is 72.3 cm³/mol. The molecular formula is C15H14FNO3. The number of primary amides is 1. The Morgan fingerprint density at radius 3 is 2.30 bits per heavy atom. The smallest absolute Gasteiger partial charge is 0.248 e. The van der Waals surface area contributed by atoms with E-state index in [4.69, 9.17) is 15.2 Å². The van der Waals surface area contributed by atoms with Crippen molar-refractivity contribution in [2.24, 2.45) is 5.73 Å². The first-order chi connectivity index (χ1) is 9.66. The molecule has 1 amide bonds. The largest absolute Gasteiger partial charge is 0.490 e. The van der Waals surface area contributed by atoms with Gasteiger partial charge in [0.25, 0.3) is 0 Å². The first-order valence-corrected chi connectivity index (χ1v) is 6.07. The van der Waals surface area contributed by atoms with Gasteiger partial charge in [-0.3, -0.25) is 4.79 Å². The molecule has 0 aromatic heterocycles. The van der Waals surface area contributed by atoms with E-state index in [0.717, 1.165) is 0 Å². The Kier molecular flexibility index (Phi) is 4.55. The van der Waals surface area contributed by atoms with Gasteiger partial charge in [-0.1, -0.05) is 12.1 Å². The van der Waals surface area contributed by atoms with E-state index in [2.05, 4.69) is 0 Å². The van der Waals surface area contributed by atoms with Gasteiger partial charge in [0.05, 0.1) is 0 Å². The van der Waals surface area contributed by atoms with Crippen LogP contribution in [-0.4, -0.2) is 19.1 Å². The zero-order valence-electron chi connectivity index (χ0n) is 10.7. The van der Waals surface area contributed by atoms with Crippen molar-refractivity contribution in [1.82, 2.24) is 0 Å². The van der Waals surface area contributed by atoms with Crippen molar-refractivity contribution in [1.29, 1.82) is 0 Å². The third-order valence-electron chi connectivity index (χ3n) is 2.59. The van der Waals surface area contributed by atoms with Crippen LogP contribution in [0.4, 0.5) is 4.39 Å². The van der Waals surface area contributed by atoms with E-state index < -0.39 is 11.7 Å². The maximum absolute atomic E-state index is 13.3. The van der Waals surface area contributed by atoms with Gasteiger partial charge >= 0.3 is 0 Å². The molecule has 2 rings (SSSR count). The number of carbonyl (C=O) groups excluding carboxylic acids is 1. The maximum atomic E-state index is 13.3. The van der Waals surface area contributed by atoms with E-state index in [1.165, 1.54) is 6.07 Å². The van der Waals surface area contributed by atoms with Crippen LogP contribution in [0.2, 0.25) is 0 Å². The monoisotopic (exact) mass is 275 g/mol. The molecule has 0 aliphatic rings. The molecule has 0 spiro atoms. The number of carbonyl (C=O) groups is 1. The summed E-state index contributed by atoms with van der Waals surface area (Å²) in [5, 5.41) is 0. The van der Waals surface area contributed by atoms with E-state index in [-0.39, 0.29) is 19.0 Å². The molecule has 4 nitrogen and oxygen atoms in total. The second kappa shape index (κ2) is 6.56. The standard InChI is InChI=1S/C15H14FNO3/c16-13-3-1-2-4-14(13)20-10-9-19-12-7-5-11(6-8-12)15(17)18/h1-8H,9-10H2,(H2,17,18). The minimum Gasteiger partial charge on any atom is -0.490 e. The lowest BCUT2D eigenvalue weighted by Gasteiger charge is -2.09. The Balaban J connectivity index is 1.79. The second-order valence-electron chi connectivity index (χ2n) is 4.02. The molecule has 2 aromatic rings. The van der Waals surface area contributed by atoms with Crippen LogP contribution >= 0.6 is 0 Å². The highest BCUT2D eigenvalue weighted by atomic mass is 19.1. The summed E-state index contributed by atoms with van der Waals surface area (Å²) in [5.41, 5.74) is 5.55. The number of para-hydroxylation sites is 1. The van der Waals surface area contributed by atoms with E-state index in [9.17, 15) is 9.18 Å². The first-order valence-electron chi connectivity index (χ1n) is 6.07. The summed E-state index contributed by atoms with van der Waals surface area (Å²) in [4.78, 5) is 10.9. The Hall–Kier alpha value is -2.56. The van der Waals surface area contributed by atoms with E-state index in [1.54, 1.807) is 42.5 Å². The molecule has 0 atom stereocenters. The fourth-order valence-corrected chi connectivity index (χ4v) is 1.59. The van der Waals surface area contributed by atoms with Crippen LogP contribution in [0.15, 0.2) is 48.5 Å². The van der Waals surface area contributed by atoms with Crippen LogP contribution in [0.5, 0.6) is 11.5 Å². The highest BCUT2D eigenvalue weighted by molar-refractivity contribution is 5.92. The summed E-state index contributed by atoms with van der Waals surface area (Å²) in [6.45, 7) is 0.489. The minimum atomic E-state index is -0.487. The molecule has 0 saturated heterocycles. The van der Waals surface area contributed by atoms with Crippen molar-refractivity contribution < 1.29 is 18.7 Å². The average molecular weight is 275 g/mol. The zero-order valence-corrected chi connectivity index (χ0v) is 10.7. The van der Waals surface area contributed by atoms with Gasteiger partial charge in [-0.25, -0.2) is 4.39 Å². The van der Waals surface area contributed by atoms with E-state index >= 15 is 0 Å². The number of ether oxygens (including phenoxy) is 2. The van der Waals surface area contributed by atoms with Crippen molar-refractivity contribution in [3.05, 3.63) is 59.9 Å². The van der Waals surface area contributed by atoms with Gasteiger partial charge in [0.15, 0.2) is 11.6 Å². The quantitative estimate of drug-likeness (QED) is 0.823. The fourth-order valence-electron chi connectivity index (χ4n) is 1.59. The van der Waals surface area contributed by atoms with E-state index in [0.29, 0.717) is 11.3 Å². The first kappa shape index (κ1) is 13.9. The Morgan fingerprint density at radius 2 is 1.65 bits per heavy atom. The summed E-state index contributed by atoms with van der Waals surface area (Å²) in [7, 11) is 0. The van der Waals surface area contributed by atoms with Gasteiger partial charge in [0, 0.05) is 5.56 Å². The van der Waals surface area contributed by atoms with Crippen molar-refractivity contribution in [2.75, 3.05) is 13.2 Å². The zero-order chi connectivity index (χ0) is 14.4. The SMILES string of the molecule is NC(=O)c1ccc(OCCOc2ccccc2F)cc1.